The first-order valence-corrected chi connectivity index (χ1v) is 14.9. The maximum atomic E-state index is 13.8. The van der Waals surface area contributed by atoms with Gasteiger partial charge in [0.2, 0.25) is 15.9 Å². The van der Waals surface area contributed by atoms with Crippen molar-refractivity contribution in [2.24, 2.45) is 0 Å². The third kappa shape index (κ3) is 4.82. The second-order valence-corrected chi connectivity index (χ2v) is 12.9. The second-order valence-electron chi connectivity index (χ2n) is 10.3. The zero-order valence-corrected chi connectivity index (χ0v) is 22.4. The Bertz CT molecular complexity index is 1470. The van der Waals surface area contributed by atoms with E-state index in [-0.39, 0.29) is 23.1 Å². The van der Waals surface area contributed by atoms with Crippen molar-refractivity contribution in [3.05, 3.63) is 65.3 Å². The third-order valence-corrected chi connectivity index (χ3v) is 10.6. The van der Waals surface area contributed by atoms with E-state index in [2.05, 4.69) is 15.2 Å². The van der Waals surface area contributed by atoms with Crippen molar-refractivity contribution in [1.82, 2.24) is 19.1 Å². The maximum absolute atomic E-state index is 13.8. The number of piperazine rings is 1. The fraction of sp³-hybridized carbons (Fsp3) is 0.407. The molecule has 9 nitrogen and oxygen atoms in total. The highest BCUT2D eigenvalue weighted by molar-refractivity contribution is 7.90. The lowest BCUT2D eigenvalue weighted by molar-refractivity contribution is -0.119. The minimum absolute atomic E-state index is 0.0455. The van der Waals surface area contributed by atoms with Gasteiger partial charge in [-0.1, -0.05) is 29.8 Å². The van der Waals surface area contributed by atoms with Crippen LogP contribution in [0.2, 0.25) is 5.02 Å². The van der Waals surface area contributed by atoms with Crippen molar-refractivity contribution in [2.75, 3.05) is 38.0 Å². The number of carbonyl (C=O) groups is 2. The molecule has 2 amide bonds. The number of H-pyrrole nitrogens is 1. The molecule has 1 saturated carbocycles. The fourth-order valence-electron chi connectivity index (χ4n) is 5.58. The highest BCUT2D eigenvalue weighted by Gasteiger charge is 2.45. The number of aromatic amines is 1. The number of fused-ring (bicyclic) bond motifs is 1. The lowest BCUT2D eigenvalue weighted by Crippen LogP contribution is -2.53. The number of benzene rings is 2. The zero-order valence-electron chi connectivity index (χ0n) is 20.8. The number of sulfonamides is 1. The second kappa shape index (κ2) is 10.00. The number of anilines is 1. The number of aromatic nitrogens is 1. The Morgan fingerprint density at radius 2 is 1.74 bits per heavy atom. The number of para-hydroxylation sites is 1. The third-order valence-electron chi connectivity index (χ3n) is 7.86. The van der Waals surface area contributed by atoms with Crippen LogP contribution in [-0.4, -0.2) is 89.4 Å². The summed E-state index contributed by atoms with van der Waals surface area (Å²) < 4.78 is 27.0. The Hall–Kier alpha value is -2.92. The van der Waals surface area contributed by atoms with Crippen LogP contribution in [0.5, 0.6) is 0 Å². The van der Waals surface area contributed by atoms with Gasteiger partial charge in [-0.15, -0.1) is 0 Å². The normalized spacial score (nSPS) is 23.1. The van der Waals surface area contributed by atoms with Crippen LogP contribution in [-0.2, 0) is 14.8 Å². The van der Waals surface area contributed by atoms with Gasteiger partial charge >= 0.3 is 0 Å². The molecule has 0 spiro atoms. The molecule has 0 radical (unpaired) electrons. The molecule has 0 unspecified atom stereocenters. The molecule has 38 heavy (non-hydrogen) atoms. The molecule has 0 bridgehead atoms. The van der Waals surface area contributed by atoms with Gasteiger partial charge < -0.3 is 15.2 Å². The van der Waals surface area contributed by atoms with Crippen LogP contribution in [0.3, 0.4) is 0 Å². The molecule has 3 aliphatic rings. The molecule has 1 aromatic heterocycles. The van der Waals surface area contributed by atoms with Gasteiger partial charge in [-0.25, -0.2) is 8.42 Å². The number of carbonyl (C=O) groups excluding carboxylic acids is 2. The molecule has 3 aromatic rings. The van der Waals surface area contributed by atoms with Gasteiger partial charge in [-0.3, -0.25) is 14.5 Å². The van der Waals surface area contributed by atoms with E-state index in [9.17, 15) is 18.0 Å². The van der Waals surface area contributed by atoms with Gasteiger partial charge in [0.1, 0.15) is 6.04 Å². The summed E-state index contributed by atoms with van der Waals surface area (Å²) in [6.07, 6.45) is 3.67. The van der Waals surface area contributed by atoms with Gasteiger partial charge in [0.25, 0.3) is 5.91 Å². The predicted molar refractivity (Wildman–Crippen MR) is 147 cm³/mol. The molecule has 3 fully saturated rings. The van der Waals surface area contributed by atoms with E-state index in [0.717, 1.165) is 23.7 Å². The molecule has 2 saturated heterocycles. The smallest absolute Gasteiger partial charge is 0.254 e. The Morgan fingerprint density at radius 3 is 2.45 bits per heavy atom. The van der Waals surface area contributed by atoms with Gasteiger partial charge in [-0.2, -0.15) is 4.31 Å². The van der Waals surface area contributed by atoms with Crippen LogP contribution in [0, 0.1) is 0 Å². The van der Waals surface area contributed by atoms with Gasteiger partial charge in [0, 0.05) is 67.1 Å². The van der Waals surface area contributed by atoms with E-state index in [1.807, 2.05) is 36.4 Å². The monoisotopic (exact) mass is 555 g/mol. The first kappa shape index (κ1) is 25.4. The minimum atomic E-state index is -3.21. The SMILES string of the molecule is O=C(Nc1ccccc1)[C@@H]1C[C@H](N2CCN(S(=O)(=O)C3CC3)CC2)CN1C(=O)c1ccc2[nH]cc(Cl)c2c1. The summed E-state index contributed by atoms with van der Waals surface area (Å²) in [6.45, 7) is 2.42. The summed E-state index contributed by atoms with van der Waals surface area (Å²) in [5.74, 6) is -0.461. The Morgan fingerprint density at radius 1 is 1.00 bits per heavy atom. The van der Waals surface area contributed by atoms with E-state index in [4.69, 9.17) is 11.6 Å². The van der Waals surface area contributed by atoms with Crippen LogP contribution >= 0.6 is 11.6 Å². The molecule has 2 atom stereocenters. The molecule has 1 aliphatic carbocycles. The van der Waals surface area contributed by atoms with Gasteiger partial charge in [0.05, 0.1) is 10.3 Å². The summed E-state index contributed by atoms with van der Waals surface area (Å²) in [6, 6.07) is 13.8. The van der Waals surface area contributed by atoms with Crippen molar-refractivity contribution >= 4 is 50.0 Å². The standard InChI is InChI=1S/C27H30ClN5O4S/c28-23-16-29-24-9-6-18(14-22(23)24)27(35)33-17-20(15-25(33)26(34)30-19-4-2-1-3-5-19)31-10-12-32(13-11-31)38(36,37)21-7-8-21/h1-6,9,14,16,20-21,25,29H,7-8,10-13,15,17H2,(H,30,34)/t20-,25-/m0/s1. The highest BCUT2D eigenvalue weighted by atomic mass is 35.5. The van der Waals surface area contributed by atoms with Crippen LogP contribution in [0.15, 0.2) is 54.7 Å². The Labute approximate surface area is 226 Å². The lowest BCUT2D eigenvalue weighted by Gasteiger charge is -2.37. The molecule has 200 valence electrons. The summed E-state index contributed by atoms with van der Waals surface area (Å²) in [7, 11) is -3.21. The van der Waals surface area contributed by atoms with Crippen LogP contribution < -0.4 is 5.32 Å². The number of amides is 2. The van der Waals surface area contributed by atoms with Crippen molar-refractivity contribution in [3.8, 4) is 0 Å². The number of nitrogens with one attached hydrogen (secondary N) is 2. The van der Waals surface area contributed by atoms with Crippen molar-refractivity contribution < 1.29 is 18.0 Å². The molecule has 2 aromatic carbocycles. The highest BCUT2D eigenvalue weighted by Crippen LogP contribution is 2.33. The average molecular weight is 556 g/mol. The number of halogens is 1. The van der Waals surface area contributed by atoms with Crippen LogP contribution in [0.1, 0.15) is 29.6 Å². The van der Waals surface area contributed by atoms with E-state index in [1.165, 1.54) is 0 Å². The molecular formula is C27H30ClN5O4S. The van der Waals surface area contributed by atoms with Crippen LogP contribution in [0.25, 0.3) is 10.9 Å². The van der Waals surface area contributed by atoms with Crippen molar-refractivity contribution in [2.45, 2.75) is 36.6 Å². The van der Waals surface area contributed by atoms with E-state index in [0.29, 0.717) is 55.4 Å². The number of hydrogen-bond acceptors (Lipinski definition) is 5. The molecule has 3 heterocycles. The lowest BCUT2D eigenvalue weighted by atomic mass is 10.1. The van der Waals surface area contributed by atoms with E-state index >= 15 is 0 Å². The summed E-state index contributed by atoms with van der Waals surface area (Å²) in [5, 5.41) is 4.03. The molecule has 6 rings (SSSR count). The average Bonchev–Trinajstić information content (AvgIpc) is 3.61. The summed E-state index contributed by atoms with van der Waals surface area (Å²) in [4.78, 5) is 34.2. The van der Waals surface area contributed by atoms with Crippen molar-refractivity contribution in [3.63, 3.8) is 0 Å². The largest absolute Gasteiger partial charge is 0.360 e. The number of likely N-dealkylation sites (tertiary alicyclic amines) is 1. The first-order chi connectivity index (χ1) is 18.3. The number of nitrogens with zero attached hydrogens (tertiary/aromatic N) is 3. The first-order valence-electron chi connectivity index (χ1n) is 13.0. The molecule has 11 heteroatoms. The Kier molecular flexibility index (Phi) is 6.67. The number of rotatable bonds is 6. The van der Waals surface area contributed by atoms with Gasteiger partial charge in [-0.05, 0) is 49.6 Å². The quantitative estimate of drug-likeness (QED) is 0.486. The number of hydrogen-bond donors (Lipinski definition) is 2. The Balaban J connectivity index is 1.22. The molecule has 2 N–H and O–H groups in total. The molecule has 2 aliphatic heterocycles. The minimum Gasteiger partial charge on any atom is -0.360 e. The predicted octanol–water partition coefficient (Wildman–Crippen LogP) is 3.15. The van der Waals surface area contributed by atoms with Gasteiger partial charge in [0.15, 0.2) is 0 Å². The van der Waals surface area contributed by atoms with Crippen LogP contribution in [0.4, 0.5) is 5.69 Å². The summed E-state index contributed by atoms with van der Waals surface area (Å²) >= 11 is 6.30. The van der Waals surface area contributed by atoms with Crippen molar-refractivity contribution in [1.29, 1.82) is 0 Å². The fourth-order valence-corrected chi connectivity index (χ4v) is 7.62. The van der Waals surface area contributed by atoms with E-state index in [1.54, 1.807) is 27.5 Å². The maximum Gasteiger partial charge on any atom is 0.254 e. The topological polar surface area (TPSA) is 106 Å². The molecular weight excluding hydrogens is 526 g/mol. The van der Waals surface area contributed by atoms with E-state index < -0.39 is 16.1 Å². The zero-order chi connectivity index (χ0) is 26.4. The summed E-state index contributed by atoms with van der Waals surface area (Å²) in [5.41, 5.74) is 1.98.